The van der Waals surface area contributed by atoms with Crippen LogP contribution in [0, 0.1) is 5.41 Å². The molecule has 3 aliphatic rings. The molecule has 0 N–H and O–H groups in total. The Kier molecular flexibility index (Phi) is 4.66. The molecule has 0 radical (unpaired) electrons. The minimum Gasteiger partial charge on any atom is -0.405 e. The van der Waals surface area contributed by atoms with Crippen molar-refractivity contribution in [3.8, 4) is 0 Å². The molecule has 1 spiro atoms. The third kappa shape index (κ3) is 2.82. The van der Waals surface area contributed by atoms with E-state index in [2.05, 4.69) is 92.9 Å². The first-order valence-electron chi connectivity index (χ1n) is 11.5. The Morgan fingerprint density at radius 2 is 1.50 bits per heavy atom. The van der Waals surface area contributed by atoms with Gasteiger partial charge in [-0.05, 0) is 53.1 Å². The van der Waals surface area contributed by atoms with E-state index < -0.39 is 8.32 Å². The highest BCUT2D eigenvalue weighted by Crippen LogP contribution is 2.66. The summed E-state index contributed by atoms with van der Waals surface area (Å²) in [5, 5.41) is 2.79. The van der Waals surface area contributed by atoms with Gasteiger partial charge in [-0.3, -0.25) is 4.90 Å². The molecule has 1 saturated carbocycles. The third-order valence-corrected chi connectivity index (χ3v) is 13.2. The SMILES string of the molecule is C=C1CN2CCC3(CC3)[C@]2(CO[Si](c2ccccc2)(c2ccccc2)C(C)(C)C)C1. The van der Waals surface area contributed by atoms with Gasteiger partial charge in [-0.15, -0.1) is 0 Å². The molecule has 0 unspecified atom stereocenters. The molecule has 0 bridgehead atoms. The van der Waals surface area contributed by atoms with E-state index in [1.165, 1.54) is 41.8 Å². The van der Waals surface area contributed by atoms with E-state index in [1.807, 2.05) is 0 Å². The molecule has 5 rings (SSSR count). The lowest BCUT2D eigenvalue weighted by atomic mass is 9.80. The van der Waals surface area contributed by atoms with Gasteiger partial charge in [-0.2, -0.15) is 0 Å². The van der Waals surface area contributed by atoms with Crippen molar-refractivity contribution >= 4 is 18.7 Å². The predicted octanol–water partition coefficient (Wildman–Crippen LogP) is 4.75. The van der Waals surface area contributed by atoms with Gasteiger partial charge in [0, 0.05) is 6.54 Å². The summed E-state index contributed by atoms with van der Waals surface area (Å²) in [4.78, 5) is 2.72. The van der Waals surface area contributed by atoms with Gasteiger partial charge < -0.3 is 4.43 Å². The second kappa shape index (κ2) is 6.91. The molecule has 2 saturated heterocycles. The standard InChI is InChI=1S/C27H35NOSi/c1-22-19-27(26(15-16-26)17-18-28(27)20-22)21-29-30(25(2,3)4,23-11-7-5-8-12-23)24-13-9-6-10-14-24/h5-14H,1,15-21H2,2-4H3/t27-/m1/s1. The van der Waals surface area contributed by atoms with Crippen molar-refractivity contribution in [2.75, 3.05) is 19.7 Å². The van der Waals surface area contributed by atoms with Crippen LogP contribution in [0.25, 0.3) is 0 Å². The smallest absolute Gasteiger partial charge is 0.261 e. The van der Waals surface area contributed by atoms with Gasteiger partial charge in [0.05, 0.1) is 12.1 Å². The van der Waals surface area contributed by atoms with Crippen molar-refractivity contribution in [2.24, 2.45) is 5.41 Å². The van der Waals surface area contributed by atoms with E-state index in [9.17, 15) is 0 Å². The number of hydrogen-bond donors (Lipinski definition) is 0. The first kappa shape index (κ1) is 20.2. The summed E-state index contributed by atoms with van der Waals surface area (Å²) in [6, 6.07) is 22.1. The zero-order chi connectivity index (χ0) is 21.0. The van der Waals surface area contributed by atoms with E-state index in [-0.39, 0.29) is 10.6 Å². The Labute approximate surface area is 183 Å². The first-order valence-corrected chi connectivity index (χ1v) is 13.4. The maximum absolute atomic E-state index is 7.43. The van der Waals surface area contributed by atoms with Crippen molar-refractivity contribution in [3.63, 3.8) is 0 Å². The van der Waals surface area contributed by atoms with Gasteiger partial charge in [0.2, 0.25) is 0 Å². The zero-order valence-corrected chi connectivity index (χ0v) is 19.8. The van der Waals surface area contributed by atoms with Crippen molar-refractivity contribution in [1.29, 1.82) is 0 Å². The summed E-state index contributed by atoms with van der Waals surface area (Å²) in [6.07, 6.45) is 5.18. The highest BCUT2D eigenvalue weighted by Gasteiger charge is 2.68. The molecule has 0 amide bonds. The average Bonchev–Trinajstić information content (AvgIpc) is 3.38. The number of nitrogens with zero attached hydrogens (tertiary/aromatic N) is 1. The molecule has 1 atom stereocenters. The fraction of sp³-hybridized carbons (Fsp3) is 0.481. The number of fused-ring (bicyclic) bond motifs is 2. The van der Waals surface area contributed by atoms with E-state index in [0.29, 0.717) is 5.41 Å². The van der Waals surface area contributed by atoms with Gasteiger partial charge >= 0.3 is 0 Å². The number of hydrogen-bond acceptors (Lipinski definition) is 2. The molecular formula is C27H35NOSi. The van der Waals surface area contributed by atoms with Crippen molar-refractivity contribution in [3.05, 3.63) is 72.8 Å². The van der Waals surface area contributed by atoms with Crippen LogP contribution in [0.1, 0.15) is 46.5 Å². The maximum Gasteiger partial charge on any atom is 0.261 e. The number of benzene rings is 2. The maximum atomic E-state index is 7.43. The summed E-state index contributed by atoms with van der Waals surface area (Å²) >= 11 is 0. The largest absolute Gasteiger partial charge is 0.405 e. The second-order valence-corrected chi connectivity index (χ2v) is 15.2. The van der Waals surface area contributed by atoms with Crippen LogP contribution in [0.15, 0.2) is 72.8 Å². The Bertz CT molecular complexity index is 889. The summed E-state index contributed by atoms with van der Waals surface area (Å²) < 4.78 is 7.43. The van der Waals surface area contributed by atoms with Gasteiger partial charge in [0.1, 0.15) is 0 Å². The molecule has 2 aromatic rings. The van der Waals surface area contributed by atoms with E-state index in [4.69, 9.17) is 4.43 Å². The van der Waals surface area contributed by atoms with Crippen molar-refractivity contribution in [2.45, 2.75) is 57.0 Å². The Morgan fingerprint density at radius 3 is 2.00 bits per heavy atom. The first-order chi connectivity index (χ1) is 14.3. The van der Waals surface area contributed by atoms with Crippen LogP contribution in [0.5, 0.6) is 0 Å². The fourth-order valence-electron chi connectivity index (χ4n) is 6.55. The average molecular weight is 418 g/mol. The molecule has 2 aliphatic heterocycles. The highest BCUT2D eigenvalue weighted by molar-refractivity contribution is 6.99. The molecule has 1 aliphatic carbocycles. The molecule has 2 nitrogen and oxygen atoms in total. The Balaban J connectivity index is 1.61. The summed E-state index contributed by atoms with van der Waals surface area (Å²) in [5.74, 6) is 0. The summed E-state index contributed by atoms with van der Waals surface area (Å²) in [6.45, 7) is 14.6. The summed E-state index contributed by atoms with van der Waals surface area (Å²) in [5.41, 5.74) is 2.03. The molecule has 3 heteroatoms. The van der Waals surface area contributed by atoms with E-state index in [1.54, 1.807) is 0 Å². The van der Waals surface area contributed by atoms with Crippen LogP contribution in [0.3, 0.4) is 0 Å². The lowest BCUT2D eigenvalue weighted by Gasteiger charge is -2.47. The lowest BCUT2D eigenvalue weighted by Crippen LogP contribution is -2.68. The van der Waals surface area contributed by atoms with Crippen molar-refractivity contribution < 1.29 is 4.43 Å². The van der Waals surface area contributed by atoms with Crippen molar-refractivity contribution in [1.82, 2.24) is 4.90 Å². The Hall–Kier alpha value is -1.68. The van der Waals surface area contributed by atoms with Crippen LogP contribution in [-0.2, 0) is 4.43 Å². The normalized spacial score (nSPS) is 25.6. The molecule has 2 heterocycles. The Morgan fingerprint density at radius 1 is 0.933 bits per heavy atom. The second-order valence-electron chi connectivity index (χ2n) is 10.9. The monoisotopic (exact) mass is 417 g/mol. The molecule has 3 fully saturated rings. The van der Waals surface area contributed by atoms with Gasteiger partial charge in [-0.25, -0.2) is 0 Å². The quantitative estimate of drug-likeness (QED) is 0.514. The molecule has 2 aromatic carbocycles. The van der Waals surface area contributed by atoms with Crippen LogP contribution < -0.4 is 10.4 Å². The van der Waals surface area contributed by atoms with Crippen LogP contribution in [0.4, 0.5) is 0 Å². The summed E-state index contributed by atoms with van der Waals surface area (Å²) in [7, 11) is -2.50. The molecule has 0 aromatic heterocycles. The van der Waals surface area contributed by atoms with Crippen LogP contribution in [0.2, 0.25) is 5.04 Å². The highest BCUT2D eigenvalue weighted by atomic mass is 28.4. The lowest BCUT2D eigenvalue weighted by molar-refractivity contribution is 0.0646. The van der Waals surface area contributed by atoms with Crippen LogP contribution in [-0.4, -0.2) is 38.5 Å². The van der Waals surface area contributed by atoms with E-state index in [0.717, 1.165) is 19.6 Å². The topological polar surface area (TPSA) is 12.5 Å². The number of rotatable bonds is 5. The molecular weight excluding hydrogens is 382 g/mol. The van der Waals surface area contributed by atoms with Gasteiger partial charge in [0.25, 0.3) is 8.32 Å². The van der Waals surface area contributed by atoms with Crippen LogP contribution >= 0.6 is 0 Å². The third-order valence-electron chi connectivity index (χ3n) is 8.21. The molecule has 30 heavy (non-hydrogen) atoms. The minimum absolute atomic E-state index is 0.0299. The minimum atomic E-state index is -2.50. The molecule has 158 valence electrons. The van der Waals surface area contributed by atoms with Gasteiger partial charge in [-0.1, -0.05) is 93.6 Å². The fourth-order valence-corrected chi connectivity index (χ4v) is 11.2. The van der Waals surface area contributed by atoms with Gasteiger partial charge in [0.15, 0.2) is 0 Å². The van der Waals surface area contributed by atoms with E-state index >= 15 is 0 Å². The predicted molar refractivity (Wildman–Crippen MR) is 128 cm³/mol. The zero-order valence-electron chi connectivity index (χ0n) is 18.8.